The van der Waals surface area contributed by atoms with Crippen molar-refractivity contribution in [2.45, 2.75) is 103 Å². The summed E-state index contributed by atoms with van der Waals surface area (Å²) in [5.74, 6) is 3.54. The quantitative estimate of drug-likeness (QED) is 0.0508. The number of hydrogen-bond acceptors (Lipinski definition) is 16. The number of halogens is 3. The lowest BCUT2D eigenvalue weighted by molar-refractivity contribution is 0.100. The maximum absolute atomic E-state index is 11.5. The average Bonchev–Trinajstić information content (AvgIpc) is 3.75. The van der Waals surface area contributed by atoms with Gasteiger partial charge in [0.25, 0.3) is 0 Å². The highest BCUT2D eigenvalue weighted by Crippen LogP contribution is 2.31. The Hall–Kier alpha value is -6.49. The third-order valence-corrected chi connectivity index (χ3v) is 11.9. The first kappa shape index (κ1) is 51.9. The molecule has 2 saturated carbocycles. The number of nitrogens with zero attached hydrogens (tertiary/aromatic N) is 6. The average molecular weight is 1000 g/mol. The van der Waals surface area contributed by atoms with Gasteiger partial charge < -0.3 is 40.6 Å². The van der Waals surface area contributed by atoms with Crippen molar-refractivity contribution in [1.29, 1.82) is 0 Å². The number of aromatic hydroxyl groups is 1. The first-order valence-electron chi connectivity index (χ1n) is 22.8. The number of rotatable bonds is 14. The Morgan fingerprint density at radius 3 is 1.38 bits per heavy atom. The van der Waals surface area contributed by atoms with Crippen LogP contribution in [0, 0.1) is 0 Å². The van der Waals surface area contributed by atoms with Gasteiger partial charge in [-0.2, -0.15) is 29.9 Å². The normalized spacial score (nSPS) is 14.0. The van der Waals surface area contributed by atoms with Crippen LogP contribution >= 0.6 is 34.8 Å². The highest BCUT2D eigenvalue weighted by atomic mass is 35.5. The number of nitrogens with one attached hydrogen (secondary N) is 4. The van der Waals surface area contributed by atoms with Crippen molar-refractivity contribution in [3.63, 3.8) is 0 Å². The Bertz CT molecular complexity index is 2610. The van der Waals surface area contributed by atoms with Crippen LogP contribution in [0.3, 0.4) is 0 Å². The maximum Gasteiger partial charge on any atom is 0.328 e. The van der Waals surface area contributed by atoms with E-state index in [0.29, 0.717) is 80.0 Å². The van der Waals surface area contributed by atoms with E-state index in [-0.39, 0.29) is 28.6 Å². The topological polar surface area (TPSA) is 208 Å². The van der Waals surface area contributed by atoms with Crippen LogP contribution in [-0.2, 0) is 0 Å². The number of hydrogen-bond donors (Lipinski definition) is 5. The Labute approximate surface area is 417 Å². The van der Waals surface area contributed by atoms with Crippen molar-refractivity contribution in [3.05, 3.63) is 111 Å². The predicted molar refractivity (Wildman–Crippen MR) is 272 cm³/mol. The number of phenols is 1. The molecule has 2 fully saturated rings. The minimum atomic E-state index is -0.00811. The van der Waals surface area contributed by atoms with Gasteiger partial charge in [0.1, 0.15) is 23.0 Å². The van der Waals surface area contributed by atoms with Crippen LogP contribution in [0.15, 0.2) is 84.9 Å². The second kappa shape index (κ2) is 26.3. The number of phenolic OH excluding ortho intramolecular Hbond substituents is 1. The number of aromatic nitrogens is 6. The summed E-state index contributed by atoms with van der Waals surface area (Å²) < 4.78 is 16.3. The maximum atomic E-state index is 11.5. The number of methoxy groups -OCH3 is 2. The largest absolute Gasteiger partial charge is 0.508 e. The van der Waals surface area contributed by atoms with Gasteiger partial charge in [-0.3, -0.25) is 9.59 Å². The van der Waals surface area contributed by atoms with Gasteiger partial charge in [0.15, 0.2) is 11.6 Å². The highest BCUT2D eigenvalue weighted by Gasteiger charge is 2.18. The number of ether oxygens (including phenoxy) is 3. The molecule has 69 heavy (non-hydrogen) atoms. The third-order valence-electron chi connectivity index (χ3n) is 11.2. The molecule has 0 aliphatic heterocycles. The van der Waals surface area contributed by atoms with E-state index in [0.717, 1.165) is 31.4 Å². The zero-order valence-corrected chi connectivity index (χ0v) is 41.3. The Kier molecular flexibility index (Phi) is 19.8. The molecule has 0 unspecified atom stereocenters. The molecule has 6 aromatic rings. The van der Waals surface area contributed by atoms with Crippen molar-refractivity contribution in [3.8, 4) is 29.0 Å². The lowest BCUT2D eigenvalue weighted by Gasteiger charge is -2.17. The lowest BCUT2D eigenvalue weighted by Crippen LogP contribution is -2.20. The Morgan fingerprint density at radius 1 is 0.536 bits per heavy atom. The van der Waals surface area contributed by atoms with E-state index in [1.165, 1.54) is 77.3 Å². The molecule has 19 heteroatoms. The number of carbonyl (C=O) groups excluding carboxylic acids is 2. The van der Waals surface area contributed by atoms with E-state index in [1.54, 1.807) is 74.9 Å². The minimum Gasteiger partial charge on any atom is -0.508 e. The van der Waals surface area contributed by atoms with Crippen molar-refractivity contribution in [2.24, 2.45) is 0 Å². The lowest BCUT2D eigenvalue weighted by atomic mass is 10.1. The second-order valence-electron chi connectivity index (χ2n) is 16.4. The molecule has 0 radical (unpaired) electrons. The van der Waals surface area contributed by atoms with Crippen LogP contribution in [0.4, 0.5) is 35.2 Å². The number of benzene rings is 4. The van der Waals surface area contributed by atoms with Gasteiger partial charge in [-0.25, -0.2) is 0 Å². The summed E-state index contributed by atoms with van der Waals surface area (Å²) in [4.78, 5) is 48.4. The molecule has 0 atom stereocenters. The molecule has 364 valence electrons. The van der Waals surface area contributed by atoms with E-state index >= 15 is 0 Å². The molecule has 2 heterocycles. The molecule has 0 bridgehead atoms. The summed E-state index contributed by atoms with van der Waals surface area (Å²) in [5.41, 5.74) is 2.68. The summed E-state index contributed by atoms with van der Waals surface area (Å²) in [6.45, 7) is 3.02. The number of ketones is 2. The van der Waals surface area contributed by atoms with Crippen LogP contribution in [0.2, 0.25) is 15.3 Å². The van der Waals surface area contributed by atoms with Crippen molar-refractivity contribution in [1.82, 2.24) is 29.9 Å². The molecular weight excluding hydrogens is 943 g/mol. The molecule has 0 spiro atoms. The van der Waals surface area contributed by atoms with Gasteiger partial charge >= 0.3 is 6.01 Å². The zero-order chi connectivity index (χ0) is 49.1. The molecule has 0 saturated heterocycles. The third kappa shape index (κ3) is 16.9. The van der Waals surface area contributed by atoms with Crippen LogP contribution in [0.5, 0.6) is 29.0 Å². The van der Waals surface area contributed by atoms with Crippen molar-refractivity contribution < 1.29 is 28.9 Å². The summed E-state index contributed by atoms with van der Waals surface area (Å²) in [5, 5.41) is 23.1. The summed E-state index contributed by atoms with van der Waals surface area (Å²) in [7, 11) is 3.14. The van der Waals surface area contributed by atoms with E-state index in [9.17, 15) is 9.59 Å². The van der Waals surface area contributed by atoms with Crippen molar-refractivity contribution in [2.75, 3.05) is 35.5 Å². The van der Waals surface area contributed by atoms with Gasteiger partial charge in [0.05, 0.1) is 24.3 Å². The first-order chi connectivity index (χ1) is 33.3. The zero-order valence-electron chi connectivity index (χ0n) is 39.0. The van der Waals surface area contributed by atoms with Crippen LogP contribution < -0.4 is 35.5 Å². The predicted octanol–water partition coefficient (Wildman–Crippen LogP) is 13.1. The highest BCUT2D eigenvalue weighted by molar-refractivity contribution is 6.32. The standard InChI is InChI=1S/C25H28ClN5O3.C17H21Cl2N5O.C8H8O2/c1-16(32)17-9-12-20(13-10-17)34-25-30-23(27-18-7-5-3-4-6-8-18)29-24(31-25)28-19-11-14-22(33-2)21(26)15-19;1-25-14-9-8-12(10-13(14)18)21-17-23-15(19)22-16(24-17)20-11-6-4-2-3-5-7-11;1-6(9)7-2-4-8(10)5-3-7/h9-15,18H,3-8H2,1-2H3,(H2,27,28,29,30,31);8-11H,2-7H2,1H3,(H2,20,21,22,23,24);2-5,10H,1H3. The first-order valence-corrected chi connectivity index (χ1v) is 24.0. The summed E-state index contributed by atoms with van der Waals surface area (Å²) in [6.07, 6.45) is 14.3. The fourth-order valence-electron chi connectivity index (χ4n) is 7.51. The SMILES string of the molecule is CC(=O)c1ccc(O)cc1.COc1ccc(Nc2nc(Cl)nc(NC3CCCCCC3)n2)cc1Cl.COc1ccc(Nc2nc(NC3CCCCCC3)nc(Oc3ccc(C(C)=O)cc3)n2)cc1Cl. The van der Waals surface area contributed by atoms with Crippen LogP contribution in [0.1, 0.15) is 112 Å². The molecule has 2 aliphatic rings. The Balaban J connectivity index is 0.000000195. The van der Waals surface area contributed by atoms with Crippen molar-refractivity contribution >= 4 is 81.5 Å². The molecule has 2 aromatic heterocycles. The molecule has 16 nitrogen and oxygen atoms in total. The van der Waals surface area contributed by atoms with E-state index in [1.807, 2.05) is 12.1 Å². The molecule has 5 N–H and O–H groups in total. The van der Waals surface area contributed by atoms with Gasteiger partial charge in [-0.15, -0.1) is 0 Å². The Morgan fingerprint density at radius 2 is 0.942 bits per heavy atom. The fraction of sp³-hybridized carbons (Fsp3) is 0.360. The molecular formula is C50H57Cl3N10O6. The summed E-state index contributed by atoms with van der Waals surface area (Å²) >= 11 is 18.5. The fourth-order valence-corrected chi connectivity index (χ4v) is 8.19. The van der Waals surface area contributed by atoms with Gasteiger partial charge in [0, 0.05) is 34.6 Å². The monoisotopic (exact) mass is 998 g/mol. The van der Waals surface area contributed by atoms with E-state index in [4.69, 9.17) is 54.1 Å². The van der Waals surface area contributed by atoms with Gasteiger partial charge in [0.2, 0.25) is 29.1 Å². The van der Waals surface area contributed by atoms with E-state index in [2.05, 4.69) is 51.2 Å². The van der Waals surface area contributed by atoms with Gasteiger partial charge in [-0.05, 0) is 136 Å². The molecule has 0 amide bonds. The molecule has 2 aliphatic carbocycles. The molecule has 8 rings (SSSR count). The van der Waals surface area contributed by atoms with Crippen LogP contribution in [0.25, 0.3) is 0 Å². The number of Topliss-reactive ketones (excluding diaryl/α,β-unsaturated/α-hetero) is 2. The second-order valence-corrected chi connectivity index (χ2v) is 17.6. The smallest absolute Gasteiger partial charge is 0.328 e. The van der Waals surface area contributed by atoms with E-state index < -0.39 is 0 Å². The van der Waals surface area contributed by atoms with Gasteiger partial charge in [-0.1, -0.05) is 74.6 Å². The summed E-state index contributed by atoms with van der Waals surface area (Å²) in [6, 6.07) is 24.6. The minimum absolute atomic E-state index is 0.00811. The molecule has 4 aromatic carbocycles. The van der Waals surface area contributed by atoms with Crippen LogP contribution in [-0.4, -0.2) is 72.9 Å². The number of carbonyl (C=O) groups is 2. The number of anilines is 6.